The summed E-state index contributed by atoms with van der Waals surface area (Å²) in [5.41, 5.74) is 3.29. The highest BCUT2D eigenvalue weighted by Gasteiger charge is 2.00. The number of guanidine groups is 1. The van der Waals surface area contributed by atoms with Gasteiger partial charge in [-0.1, -0.05) is 42.0 Å². The fraction of sp³-hybridized carbons (Fsp3) is 0.278. The summed E-state index contributed by atoms with van der Waals surface area (Å²) in [5, 5.41) is 6.42. The fourth-order valence-corrected chi connectivity index (χ4v) is 2.16. The predicted molar refractivity (Wildman–Crippen MR) is 105 cm³/mol. The maximum absolute atomic E-state index is 13.2. The molecule has 2 aromatic carbocycles. The van der Waals surface area contributed by atoms with E-state index in [4.69, 9.17) is 0 Å². The molecule has 0 aliphatic heterocycles. The quantitative estimate of drug-likeness (QED) is 0.430. The van der Waals surface area contributed by atoms with E-state index in [1.165, 1.54) is 23.3 Å². The van der Waals surface area contributed by atoms with E-state index in [2.05, 4.69) is 40.7 Å². The van der Waals surface area contributed by atoms with Gasteiger partial charge in [0.1, 0.15) is 5.82 Å². The summed E-state index contributed by atoms with van der Waals surface area (Å²) in [5.74, 6) is 0.509. The molecular weight excluding hydrogens is 404 g/mol. The van der Waals surface area contributed by atoms with Crippen LogP contribution in [0.3, 0.4) is 0 Å². The lowest BCUT2D eigenvalue weighted by molar-refractivity contribution is 0.624. The molecule has 2 aromatic rings. The van der Waals surface area contributed by atoms with Crippen LogP contribution in [0.4, 0.5) is 4.39 Å². The Balaban J connectivity index is 0.00000264. The maximum atomic E-state index is 13.2. The van der Waals surface area contributed by atoms with Crippen LogP contribution in [0.5, 0.6) is 0 Å². The van der Waals surface area contributed by atoms with Crippen LogP contribution < -0.4 is 10.6 Å². The zero-order chi connectivity index (χ0) is 15.8. The van der Waals surface area contributed by atoms with Crippen molar-refractivity contribution in [3.05, 3.63) is 71.0 Å². The van der Waals surface area contributed by atoms with Gasteiger partial charge in [-0.3, -0.25) is 0 Å². The average Bonchev–Trinajstić information content (AvgIpc) is 2.50. The Kier molecular flexibility index (Phi) is 8.61. The first-order valence-electron chi connectivity index (χ1n) is 7.49. The first-order valence-corrected chi connectivity index (χ1v) is 7.49. The van der Waals surface area contributed by atoms with Crippen LogP contribution in [0, 0.1) is 12.7 Å². The molecule has 2 N–H and O–H groups in total. The van der Waals surface area contributed by atoms with Gasteiger partial charge >= 0.3 is 0 Å². The molecule has 0 heterocycles. The molecule has 0 aliphatic carbocycles. The number of nitrogens with zero attached hydrogens (tertiary/aromatic N) is 1. The molecular formula is C18H23FIN3. The highest BCUT2D eigenvalue weighted by molar-refractivity contribution is 14.0. The number of hydrogen-bond acceptors (Lipinski definition) is 1. The second-order valence-corrected chi connectivity index (χ2v) is 5.17. The van der Waals surface area contributed by atoms with Crippen molar-refractivity contribution in [3.63, 3.8) is 0 Å². The van der Waals surface area contributed by atoms with E-state index in [9.17, 15) is 4.39 Å². The SMILES string of the molecule is CCNC(=NCc1cccc(C)c1)NCc1cccc(F)c1.I. The summed E-state index contributed by atoms with van der Waals surface area (Å²) >= 11 is 0. The van der Waals surface area contributed by atoms with Crippen molar-refractivity contribution in [2.75, 3.05) is 6.54 Å². The second-order valence-electron chi connectivity index (χ2n) is 5.17. The van der Waals surface area contributed by atoms with Crippen LogP contribution in [0.25, 0.3) is 0 Å². The standard InChI is InChI=1S/C18H22FN3.HI/c1-3-20-18(21-12-15-7-4-6-14(2)10-15)22-13-16-8-5-9-17(19)11-16;/h4-11H,3,12-13H2,1-2H3,(H2,20,21,22);1H. The molecule has 0 saturated carbocycles. The maximum Gasteiger partial charge on any atom is 0.191 e. The molecule has 124 valence electrons. The molecule has 0 aromatic heterocycles. The first kappa shape index (κ1) is 19.4. The Morgan fingerprint density at radius 3 is 2.48 bits per heavy atom. The van der Waals surface area contributed by atoms with Crippen molar-refractivity contribution >= 4 is 29.9 Å². The van der Waals surface area contributed by atoms with Crippen molar-refractivity contribution in [2.24, 2.45) is 4.99 Å². The van der Waals surface area contributed by atoms with Crippen LogP contribution in [0.1, 0.15) is 23.6 Å². The smallest absolute Gasteiger partial charge is 0.191 e. The third kappa shape index (κ3) is 6.99. The van der Waals surface area contributed by atoms with Gasteiger partial charge in [0, 0.05) is 13.1 Å². The number of halogens is 2. The Labute approximate surface area is 154 Å². The predicted octanol–water partition coefficient (Wildman–Crippen LogP) is 4.01. The van der Waals surface area contributed by atoms with Gasteiger partial charge in [0.2, 0.25) is 0 Å². The number of hydrogen-bond donors (Lipinski definition) is 2. The van der Waals surface area contributed by atoms with Gasteiger partial charge in [-0.25, -0.2) is 9.38 Å². The van der Waals surface area contributed by atoms with Gasteiger partial charge in [-0.2, -0.15) is 0 Å². The van der Waals surface area contributed by atoms with Crippen molar-refractivity contribution < 1.29 is 4.39 Å². The number of rotatable bonds is 5. The summed E-state index contributed by atoms with van der Waals surface area (Å²) in [6.45, 7) is 6.02. The second kappa shape index (κ2) is 10.2. The molecule has 0 spiro atoms. The highest BCUT2D eigenvalue weighted by Crippen LogP contribution is 2.05. The van der Waals surface area contributed by atoms with Crippen LogP contribution in [0.15, 0.2) is 53.5 Å². The van der Waals surface area contributed by atoms with Crippen LogP contribution in [-0.2, 0) is 13.1 Å². The molecule has 0 fully saturated rings. The average molecular weight is 427 g/mol. The van der Waals surface area contributed by atoms with Crippen molar-refractivity contribution in [2.45, 2.75) is 26.9 Å². The van der Waals surface area contributed by atoms with E-state index in [0.29, 0.717) is 13.1 Å². The van der Waals surface area contributed by atoms with Crippen molar-refractivity contribution in [1.82, 2.24) is 10.6 Å². The molecule has 0 atom stereocenters. The van der Waals surface area contributed by atoms with Crippen LogP contribution in [0.2, 0.25) is 0 Å². The zero-order valence-corrected chi connectivity index (χ0v) is 15.8. The number of nitrogens with one attached hydrogen (secondary N) is 2. The third-order valence-corrected chi connectivity index (χ3v) is 3.20. The Morgan fingerprint density at radius 1 is 1.04 bits per heavy atom. The molecule has 0 aliphatic rings. The van der Waals surface area contributed by atoms with E-state index < -0.39 is 0 Å². The molecule has 2 rings (SSSR count). The summed E-state index contributed by atoms with van der Waals surface area (Å²) in [4.78, 5) is 4.56. The molecule has 0 bridgehead atoms. The zero-order valence-electron chi connectivity index (χ0n) is 13.5. The molecule has 3 nitrogen and oxygen atoms in total. The van der Waals surface area contributed by atoms with E-state index in [1.807, 2.05) is 19.1 Å². The van der Waals surface area contributed by atoms with Crippen LogP contribution >= 0.6 is 24.0 Å². The van der Waals surface area contributed by atoms with E-state index in [0.717, 1.165) is 18.1 Å². The minimum atomic E-state index is -0.221. The lowest BCUT2D eigenvalue weighted by atomic mass is 10.1. The summed E-state index contributed by atoms with van der Waals surface area (Å²) in [6, 6.07) is 14.9. The first-order chi connectivity index (χ1) is 10.7. The topological polar surface area (TPSA) is 36.4 Å². The lowest BCUT2D eigenvalue weighted by Gasteiger charge is -2.11. The van der Waals surface area contributed by atoms with Gasteiger partial charge in [-0.15, -0.1) is 24.0 Å². The number of aryl methyl sites for hydroxylation is 1. The number of aliphatic imine (C=N–C) groups is 1. The van der Waals surface area contributed by atoms with Crippen LogP contribution in [-0.4, -0.2) is 12.5 Å². The summed E-state index contributed by atoms with van der Waals surface area (Å²) < 4.78 is 13.2. The molecule has 0 saturated heterocycles. The minimum absolute atomic E-state index is 0. The monoisotopic (exact) mass is 427 g/mol. The van der Waals surface area contributed by atoms with Gasteiger partial charge in [0.25, 0.3) is 0 Å². The van der Waals surface area contributed by atoms with Crippen molar-refractivity contribution in [1.29, 1.82) is 0 Å². The van der Waals surface area contributed by atoms with E-state index >= 15 is 0 Å². The Bertz CT molecular complexity index is 644. The molecule has 0 amide bonds. The minimum Gasteiger partial charge on any atom is -0.357 e. The van der Waals surface area contributed by atoms with Crippen molar-refractivity contribution in [3.8, 4) is 0 Å². The summed E-state index contributed by atoms with van der Waals surface area (Å²) in [7, 11) is 0. The van der Waals surface area contributed by atoms with Gasteiger partial charge in [0.15, 0.2) is 5.96 Å². The molecule has 0 unspecified atom stereocenters. The summed E-state index contributed by atoms with van der Waals surface area (Å²) in [6.07, 6.45) is 0. The highest BCUT2D eigenvalue weighted by atomic mass is 127. The Morgan fingerprint density at radius 2 is 1.78 bits per heavy atom. The number of benzene rings is 2. The van der Waals surface area contributed by atoms with E-state index in [-0.39, 0.29) is 29.8 Å². The Hall–Kier alpha value is -1.63. The molecule has 5 heteroatoms. The molecule has 23 heavy (non-hydrogen) atoms. The molecule has 0 radical (unpaired) electrons. The fourth-order valence-electron chi connectivity index (χ4n) is 2.16. The lowest BCUT2D eigenvalue weighted by Crippen LogP contribution is -2.36. The van der Waals surface area contributed by atoms with E-state index in [1.54, 1.807) is 6.07 Å². The van der Waals surface area contributed by atoms with Gasteiger partial charge < -0.3 is 10.6 Å². The van der Waals surface area contributed by atoms with Gasteiger partial charge in [0.05, 0.1) is 6.54 Å². The largest absolute Gasteiger partial charge is 0.357 e. The van der Waals surface area contributed by atoms with Gasteiger partial charge in [-0.05, 0) is 37.1 Å². The normalized spacial score (nSPS) is 10.8. The third-order valence-electron chi connectivity index (χ3n) is 3.20.